The van der Waals surface area contributed by atoms with Gasteiger partial charge in [0.2, 0.25) is 0 Å². The molecule has 0 unspecified atom stereocenters. The number of carboxylic acids is 1. The Morgan fingerprint density at radius 1 is 1.53 bits per heavy atom. The molecule has 0 saturated heterocycles. The third-order valence-corrected chi connectivity index (χ3v) is 1.97. The first-order valence-corrected chi connectivity index (χ1v) is 4.40. The van der Waals surface area contributed by atoms with E-state index < -0.39 is 5.97 Å². The number of benzene rings is 1. The standard InChI is InChI=1S/C10H9ClO4/c1-15-9-5-6(2-3-8(9)12)4-7(11)10(13)14/h2-5,12H,1H3,(H,13,14)/b7-4-. The summed E-state index contributed by atoms with van der Waals surface area (Å²) in [5.41, 5.74) is 0.539. The summed E-state index contributed by atoms with van der Waals surface area (Å²) in [5, 5.41) is 17.5. The van der Waals surface area contributed by atoms with Crippen LogP contribution in [-0.2, 0) is 4.79 Å². The van der Waals surface area contributed by atoms with Gasteiger partial charge in [-0.2, -0.15) is 0 Å². The quantitative estimate of drug-likeness (QED) is 0.778. The molecule has 5 heteroatoms. The summed E-state index contributed by atoms with van der Waals surface area (Å²) in [5.74, 6) is -0.955. The predicted octanol–water partition coefficient (Wildman–Crippen LogP) is 2.07. The molecule has 0 aliphatic carbocycles. The SMILES string of the molecule is COc1cc(/C=C(\Cl)C(=O)O)ccc1O. The molecule has 0 saturated carbocycles. The fraction of sp³-hybridized carbons (Fsp3) is 0.100. The number of rotatable bonds is 3. The number of carboxylic acid groups (broad SMARTS) is 1. The molecule has 0 aliphatic rings. The number of methoxy groups -OCH3 is 1. The third kappa shape index (κ3) is 2.89. The van der Waals surface area contributed by atoms with Crippen molar-refractivity contribution in [3.05, 3.63) is 28.8 Å². The Balaban J connectivity index is 3.07. The first-order chi connectivity index (χ1) is 7.04. The number of aromatic hydroxyl groups is 1. The van der Waals surface area contributed by atoms with E-state index in [0.717, 1.165) is 0 Å². The Morgan fingerprint density at radius 2 is 2.20 bits per heavy atom. The van der Waals surface area contributed by atoms with Crippen LogP contribution in [0.15, 0.2) is 23.2 Å². The van der Waals surface area contributed by atoms with Crippen molar-refractivity contribution in [2.24, 2.45) is 0 Å². The number of carbonyl (C=O) groups is 1. The molecule has 0 spiro atoms. The van der Waals surface area contributed by atoms with E-state index in [2.05, 4.69) is 0 Å². The minimum atomic E-state index is -1.20. The van der Waals surface area contributed by atoms with E-state index in [9.17, 15) is 9.90 Å². The van der Waals surface area contributed by atoms with Crippen molar-refractivity contribution in [1.29, 1.82) is 0 Å². The molecule has 0 radical (unpaired) electrons. The van der Waals surface area contributed by atoms with Crippen LogP contribution in [0.25, 0.3) is 6.08 Å². The Labute approximate surface area is 91.4 Å². The Kier molecular flexibility index (Phi) is 3.57. The summed E-state index contributed by atoms with van der Waals surface area (Å²) in [6.07, 6.45) is 1.27. The molecule has 0 heterocycles. The zero-order valence-corrected chi connectivity index (χ0v) is 8.65. The van der Waals surface area contributed by atoms with Crippen LogP contribution < -0.4 is 4.74 Å². The zero-order chi connectivity index (χ0) is 11.4. The van der Waals surface area contributed by atoms with Crippen LogP contribution in [0, 0.1) is 0 Å². The fourth-order valence-corrected chi connectivity index (χ4v) is 1.12. The molecule has 0 aromatic heterocycles. The van der Waals surface area contributed by atoms with Gasteiger partial charge in [0.25, 0.3) is 0 Å². The zero-order valence-electron chi connectivity index (χ0n) is 7.90. The van der Waals surface area contributed by atoms with Crippen molar-refractivity contribution in [3.8, 4) is 11.5 Å². The molecule has 15 heavy (non-hydrogen) atoms. The minimum Gasteiger partial charge on any atom is -0.504 e. The fourth-order valence-electron chi connectivity index (χ4n) is 0.992. The molecular weight excluding hydrogens is 220 g/mol. The maximum Gasteiger partial charge on any atom is 0.347 e. The summed E-state index contributed by atoms with van der Waals surface area (Å²) in [7, 11) is 1.40. The van der Waals surface area contributed by atoms with Crippen molar-refractivity contribution in [2.75, 3.05) is 7.11 Å². The minimum absolute atomic E-state index is 0.0129. The first-order valence-electron chi connectivity index (χ1n) is 4.02. The van der Waals surface area contributed by atoms with Crippen LogP contribution in [0.1, 0.15) is 5.56 Å². The van der Waals surface area contributed by atoms with Gasteiger partial charge in [-0.3, -0.25) is 0 Å². The third-order valence-electron chi connectivity index (χ3n) is 1.70. The molecule has 0 atom stereocenters. The monoisotopic (exact) mass is 228 g/mol. The maximum atomic E-state index is 10.4. The highest BCUT2D eigenvalue weighted by atomic mass is 35.5. The lowest BCUT2D eigenvalue weighted by molar-refractivity contribution is -0.131. The average Bonchev–Trinajstić information content (AvgIpc) is 2.20. The van der Waals surface area contributed by atoms with Crippen LogP contribution >= 0.6 is 11.6 Å². The second-order valence-electron chi connectivity index (χ2n) is 2.73. The van der Waals surface area contributed by atoms with Gasteiger partial charge in [0.1, 0.15) is 5.03 Å². The van der Waals surface area contributed by atoms with Gasteiger partial charge in [0.05, 0.1) is 7.11 Å². The molecular formula is C10H9ClO4. The van der Waals surface area contributed by atoms with Gasteiger partial charge in [0, 0.05) is 0 Å². The van der Waals surface area contributed by atoms with E-state index in [1.165, 1.54) is 31.4 Å². The number of ether oxygens (including phenoxy) is 1. The van der Waals surface area contributed by atoms with Crippen LogP contribution in [0.2, 0.25) is 0 Å². The first kappa shape index (κ1) is 11.4. The van der Waals surface area contributed by atoms with Gasteiger partial charge < -0.3 is 14.9 Å². The Hall–Kier alpha value is -1.68. The van der Waals surface area contributed by atoms with Crippen molar-refractivity contribution in [3.63, 3.8) is 0 Å². The van der Waals surface area contributed by atoms with Crippen molar-refractivity contribution in [2.45, 2.75) is 0 Å². The highest BCUT2D eigenvalue weighted by molar-refractivity contribution is 6.42. The van der Waals surface area contributed by atoms with Crippen molar-refractivity contribution >= 4 is 23.6 Å². The van der Waals surface area contributed by atoms with Gasteiger partial charge in [-0.05, 0) is 23.8 Å². The lowest BCUT2D eigenvalue weighted by Crippen LogP contribution is -1.93. The molecule has 1 aromatic rings. The molecule has 0 fully saturated rings. The number of hydrogen-bond donors (Lipinski definition) is 2. The summed E-state index contributed by atoms with van der Waals surface area (Å²) < 4.78 is 4.86. The van der Waals surface area contributed by atoms with E-state index in [1.54, 1.807) is 0 Å². The predicted molar refractivity (Wildman–Crippen MR) is 56.1 cm³/mol. The van der Waals surface area contributed by atoms with E-state index in [-0.39, 0.29) is 16.5 Å². The van der Waals surface area contributed by atoms with Gasteiger partial charge in [0.15, 0.2) is 11.5 Å². The second kappa shape index (κ2) is 4.70. The number of halogens is 1. The molecule has 0 amide bonds. The number of hydrogen-bond acceptors (Lipinski definition) is 3. The smallest absolute Gasteiger partial charge is 0.347 e. The average molecular weight is 229 g/mol. The summed E-state index contributed by atoms with van der Waals surface area (Å²) in [4.78, 5) is 10.4. The van der Waals surface area contributed by atoms with Gasteiger partial charge in [-0.1, -0.05) is 17.7 Å². The van der Waals surface area contributed by atoms with Crippen LogP contribution in [0.5, 0.6) is 11.5 Å². The summed E-state index contributed by atoms with van der Waals surface area (Å²) in [6, 6.07) is 4.42. The van der Waals surface area contributed by atoms with Crippen molar-refractivity contribution < 1.29 is 19.7 Å². The van der Waals surface area contributed by atoms with Gasteiger partial charge in [-0.25, -0.2) is 4.79 Å². The molecule has 1 aromatic carbocycles. The number of phenols is 1. The maximum absolute atomic E-state index is 10.4. The molecule has 80 valence electrons. The van der Waals surface area contributed by atoms with Gasteiger partial charge >= 0.3 is 5.97 Å². The molecule has 4 nitrogen and oxygen atoms in total. The Bertz CT molecular complexity index is 412. The lowest BCUT2D eigenvalue weighted by Gasteiger charge is -2.03. The normalized spacial score (nSPS) is 11.2. The highest BCUT2D eigenvalue weighted by Gasteiger charge is 2.05. The molecule has 0 aliphatic heterocycles. The van der Waals surface area contributed by atoms with E-state index in [0.29, 0.717) is 5.56 Å². The Morgan fingerprint density at radius 3 is 2.73 bits per heavy atom. The summed E-state index contributed by atoms with van der Waals surface area (Å²) in [6.45, 7) is 0. The largest absolute Gasteiger partial charge is 0.504 e. The van der Waals surface area contributed by atoms with Crippen LogP contribution in [0.4, 0.5) is 0 Å². The number of aliphatic carboxylic acids is 1. The molecule has 2 N–H and O–H groups in total. The molecule has 1 rings (SSSR count). The lowest BCUT2D eigenvalue weighted by atomic mass is 10.2. The van der Waals surface area contributed by atoms with Crippen LogP contribution in [-0.4, -0.2) is 23.3 Å². The highest BCUT2D eigenvalue weighted by Crippen LogP contribution is 2.27. The van der Waals surface area contributed by atoms with E-state index in [4.69, 9.17) is 21.4 Å². The van der Waals surface area contributed by atoms with Crippen molar-refractivity contribution in [1.82, 2.24) is 0 Å². The topological polar surface area (TPSA) is 66.8 Å². The van der Waals surface area contributed by atoms with E-state index >= 15 is 0 Å². The van der Waals surface area contributed by atoms with E-state index in [1.807, 2.05) is 0 Å². The number of phenolic OH excluding ortho intramolecular Hbond substituents is 1. The summed E-state index contributed by atoms with van der Waals surface area (Å²) >= 11 is 5.44. The second-order valence-corrected chi connectivity index (χ2v) is 3.14. The molecule has 0 bridgehead atoms. The van der Waals surface area contributed by atoms with Gasteiger partial charge in [-0.15, -0.1) is 0 Å². The van der Waals surface area contributed by atoms with Crippen LogP contribution in [0.3, 0.4) is 0 Å².